The molecule has 2 N–H and O–H groups in total. The van der Waals surface area contributed by atoms with Gasteiger partial charge in [0.25, 0.3) is 0 Å². The van der Waals surface area contributed by atoms with Gasteiger partial charge in [0.1, 0.15) is 18.9 Å². The number of fused-ring (bicyclic) bond motifs is 1. The standard InChI is InChI=1S/C19H22N6O2/c20-17(26)12-24-9-7-21-19(24)15-5-3-8-23(10-15)18(27)13-25-11-14-4-1-2-6-16(14)22-25/h1-2,4,6-7,9,11,15H,3,5,8,10,12-13H2,(H2,20,26). The van der Waals surface area contributed by atoms with Crippen LogP contribution in [0.5, 0.6) is 0 Å². The van der Waals surface area contributed by atoms with Gasteiger partial charge in [-0.15, -0.1) is 0 Å². The first-order chi connectivity index (χ1) is 13.1. The molecule has 2 amide bonds. The van der Waals surface area contributed by atoms with Crippen LogP contribution in [0.25, 0.3) is 10.9 Å². The molecule has 1 atom stereocenters. The molecule has 1 saturated heterocycles. The number of nitrogens with two attached hydrogens (primary N) is 1. The number of hydrogen-bond donors (Lipinski definition) is 1. The highest BCUT2D eigenvalue weighted by atomic mass is 16.2. The van der Waals surface area contributed by atoms with Crippen molar-refractivity contribution in [3.8, 4) is 0 Å². The third-order valence-corrected chi connectivity index (χ3v) is 4.97. The Labute approximate surface area is 156 Å². The Morgan fingerprint density at radius 3 is 2.89 bits per heavy atom. The summed E-state index contributed by atoms with van der Waals surface area (Å²) in [5.41, 5.74) is 6.20. The van der Waals surface area contributed by atoms with Crippen molar-refractivity contribution in [1.82, 2.24) is 24.2 Å². The van der Waals surface area contributed by atoms with Gasteiger partial charge in [-0.25, -0.2) is 4.98 Å². The van der Waals surface area contributed by atoms with Crippen LogP contribution in [0.3, 0.4) is 0 Å². The number of hydrogen-bond acceptors (Lipinski definition) is 4. The zero-order valence-corrected chi connectivity index (χ0v) is 15.0. The van der Waals surface area contributed by atoms with E-state index in [0.717, 1.165) is 36.1 Å². The summed E-state index contributed by atoms with van der Waals surface area (Å²) in [6, 6.07) is 7.81. The molecule has 0 spiro atoms. The summed E-state index contributed by atoms with van der Waals surface area (Å²) in [6.07, 6.45) is 7.17. The molecule has 140 valence electrons. The summed E-state index contributed by atoms with van der Waals surface area (Å²) in [5, 5.41) is 5.49. The van der Waals surface area contributed by atoms with Crippen LogP contribution in [0, 0.1) is 0 Å². The number of rotatable bonds is 5. The number of amides is 2. The fourth-order valence-electron chi connectivity index (χ4n) is 3.73. The molecule has 1 fully saturated rings. The van der Waals surface area contributed by atoms with Crippen molar-refractivity contribution >= 4 is 22.7 Å². The molecule has 1 aliphatic heterocycles. The van der Waals surface area contributed by atoms with Crippen molar-refractivity contribution in [3.05, 3.63) is 48.7 Å². The number of primary amides is 1. The van der Waals surface area contributed by atoms with Gasteiger partial charge in [-0.3, -0.25) is 14.3 Å². The van der Waals surface area contributed by atoms with Gasteiger partial charge >= 0.3 is 0 Å². The highest BCUT2D eigenvalue weighted by Crippen LogP contribution is 2.26. The topological polar surface area (TPSA) is 99.0 Å². The first kappa shape index (κ1) is 17.3. The SMILES string of the molecule is NC(=O)Cn1ccnc1C1CCCN(C(=O)Cn2cc3ccccc3n2)C1. The van der Waals surface area contributed by atoms with E-state index in [-0.39, 0.29) is 24.9 Å². The number of carbonyl (C=O) groups is 2. The second-order valence-corrected chi connectivity index (χ2v) is 6.94. The second kappa shape index (κ2) is 7.22. The largest absolute Gasteiger partial charge is 0.368 e. The fraction of sp³-hybridized carbons (Fsp3) is 0.368. The van der Waals surface area contributed by atoms with Gasteiger partial charge in [-0.1, -0.05) is 18.2 Å². The molecule has 1 aromatic carbocycles. The maximum Gasteiger partial charge on any atom is 0.244 e. The minimum absolute atomic E-state index is 0.0421. The van der Waals surface area contributed by atoms with Crippen LogP contribution in [0.15, 0.2) is 42.9 Å². The average molecular weight is 366 g/mol. The van der Waals surface area contributed by atoms with Crippen molar-refractivity contribution in [2.75, 3.05) is 13.1 Å². The van der Waals surface area contributed by atoms with Crippen molar-refractivity contribution < 1.29 is 9.59 Å². The molecule has 0 saturated carbocycles. The Hall–Kier alpha value is -3.16. The summed E-state index contributed by atoms with van der Waals surface area (Å²) in [6.45, 7) is 1.65. The monoisotopic (exact) mass is 366 g/mol. The molecule has 2 aromatic heterocycles. The van der Waals surface area contributed by atoms with Gasteiger partial charge in [-0.05, 0) is 18.9 Å². The molecular formula is C19H22N6O2. The van der Waals surface area contributed by atoms with Crippen molar-refractivity contribution in [1.29, 1.82) is 0 Å². The first-order valence-electron chi connectivity index (χ1n) is 9.09. The lowest BCUT2D eigenvalue weighted by Crippen LogP contribution is -2.41. The summed E-state index contributed by atoms with van der Waals surface area (Å²) >= 11 is 0. The van der Waals surface area contributed by atoms with E-state index in [2.05, 4.69) is 10.1 Å². The third-order valence-electron chi connectivity index (χ3n) is 4.97. The van der Waals surface area contributed by atoms with Gasteiger partial charge in [0.2, 0.25) is 11.8 Å². The predicted molar refractivity (Wildman–Crippen MR) is 99.7 cm³/mol. The Kier molecular flexibility index (Phi) is 4.62. The lowest BCUT2D eigenvalue weighted by molar-refractivity contribution is -0.133. The van der Waals surface area contributed by atoms with Crippen molar-refractivity contribution in [2.45, 2.75) is 31.8 Å². The van der Waals surface area contributed by atoms with Gasteiger partial charge in [0.15, 0.2) is 0 Å². The van der Waals surface area contributed by atoms with Crippen molar-refractivity contribution in [3.63, 3.8) is 0 Å². The quantitative estimate of drug-likeness (QED) is 0.731. The third kappa shape index (κ3) is 3.69. The van der Waals surface area contributed by atoms with E-state index in [1.165, 1.54) is 0 Å². The number of nitrogens with zero attached hydrogens (tertiary/aromatic N) is 5. The molecule has 3 heterocycles. The Morgan fingerprint density at radius 1 is 1.22 bits per heavy atom. The van der Waals surface area contributed by atoms with E-state index in [4.69, 9.17) is 5.73 Å². The van der Waals surface area contributed by atoms with Crippen molar-refractivity contribution in [2.24, 2.45) is 5.73 Å². The zero-order chi connectivity index (χ0) is 18.8. The predicted octanol–water partition coefficient (Wildman–Crippen LogP) is 1.12. The number of imidazole rings is 1. The van der Waals surface area contributed by atoms with Gasteiger partial charge in [0, 0.05) is 43.0 Å². The summed E-state index contributed by atoms with van der Waals surface area (Å²) in [7, 11) is 0. The van der Waals surface area contributed by atoms with Crippen LogP contribution in [0.2, 0.25) is 0 Å². The molecule has 0 radical (unpaired) electrons. The lowest BCUT2D eigenvalue weighted by atomic mass is 9.97. The highest BCUT2D eigenvalue weighted by molar-refractivity contribution is 5.80. The Morgan fingerprint density at radius 2 is 2.07 bits per heavy atom. The molecular weight excluding hydrogens is 344 g/mol. The molecule has 0 bridgehead atoms. The molecule has 8 heteroatoms. The number of aromatic nitrogens is 4. The number of benzene rings is 1. The van der Waals surface area contributed by atoms with Gasteiger partial charge in [0.05, 0.1) is 5.52 Å². The van der Waals surface area contributed by atoms with E-state index in [1.807, 2.05) is 35.4 Å². The van der Waals surface area contributed by atoms with Crippen LogP contribution in [-0.4, -0.2) is 49.1 Å². The minimum atomic E-state index is -0.399. The fourth-order valence-corrected chi connectivity index (χ4v) is 3.73. The number of likely N-dealkylation sites (tertiary alicyclic amines) is 1. The van der Waals surface area contributed by atoms with Crippen LogP contribution in [0.1, 0.15) is 24.6 Å². The Bertz CT molecular complexity index is 942. The van der Waals surface area contributed by atoms with Gasteiger partial charge in [-0.2, -0.15) is 5.10 Å². The van der Waals surface area contributed by atoms with Crippen LogP contribution < -0.4 is 5.73 Å². The highest BCUT2D eigenvalue weighted by Gasteiger charge is 2.27. The Balaban J connectivity index is 1.45. The molecule has 27 heavy (non-hydrogen) atoms. The molecule has 8 nitrogen and oxygen atoms in total. The molecule has 4 rings (SSSR count). The zero-order valence-electron chi connectivity index (χ0n) is 15.0. The molecule has 0 aliphatic carbocycles. The van der Waals surface area contributed by atoms with E-state index in [0.29, 0.717) is 6.54 Å². The average Bonchev–Trinajstić information content (AvgIpc) is 3.27. The summed E-state index contributed by atoms with van der Waals surface area (Å²) < 4.78 is 3.48. The maximum absolute atomic E-state index is 12.8. The van der Waals surface area contributed by atoms with E-state index in [9.17, 15) is 9.59 Å². The van der Waals surface area contributed by atoms with Crippen LogP contribution in [-0.2, 0) is 22.7 Å². The van der Waals surface area contributed by atoms with E-state index in [1.54, 1.807) is 21.6 Å². The second-order valence-electron chi connectivity index (χ2n) is 6.94. The van der Waals surface area contributed by atoms with Crippen LogP contribution >= 0.6 is 0 Å². The number of piperidine rings is 1. The van der Waals surface area contributed by atoms with Crippen LogP contribution in [0.4, 0.5) is 0 Å². The van der Waals surface area contributed by atoms with E-state index >= 15 is 0 Å². The van der Waals surface area contributed by atoms with Gasteiger partial charge < -0.3 is 15.2 Å². The van der Waals surface area contributed by atoms with E-state index < -0.39 is 5.91 Å². The maximum atomic E-state index is 12.8. The number of carbonyl (C=O) groups excluding carboxylic acids is 2. The lowest BCUT2D eigenvalue weighted by Gasteiger charge is -2.32. The smallest absolute Gasteiger partial charge is 0.244 e. The summed E-state index contributed by atoms with van der Waals surface area (Å²) in [5.74, 6) is 0.564. The molecule has 1 aliphatic rings. The molecule has 3 aromatic rings. The normalized spacial score (nSPS) is 17.3. The first-order valence-corrected chi connectivity index (χ1v) is 9.09. The molecule has 1 unspecified atom stereocenters. The summed E-state index contributed by atoms with van der Waals surface area (Å²) in [4.78, 5) is 30.3. The minimum Gasteiger partial charge on any atom is -0.368 e.